The maximum absolute atomic E-state index is 11.3. The molecule has 0 aliphatic heterocycles. The third-order valence-corrected chi connectivity index (χ3v) is 3.05. The van der Waals surface area contributed by atoms with Gasteiger partial charge in [-0.1, -0.05) is 5.16 Å². The molecule has 9 nitrogen and oxygen atoms in total. The summed E-state index contributed by atoms with van der Waals surface area (Å²) in [7, 11) is 1.75. The van der Waals surface area contributed by atoms with Crippen molar-refractivity contribution in [2.24, 2.45) is 7.05 Å². The van der Waals surface area contributed by atoms with Crippen LogP contribution in [0.3, 0.4) is 0 Å². The molecular weight excluding hydrogens is 276 g/mol. The van der Waals surface area contributed by atoms with Crippen LogP contribution in [-0.2, 0) is 13.5 Å². The Hall–Kier alpha value is -2.97. The molecule has 21 heavy (non-hydrogen) atoms. The van der Waals surface area contributed by atoms with Gasteiger partial charge in [0.1, 0.15) is 5.56 Å². The molecule has 3 aromatic rings. The summed E-state index contributed by atoms with van der Waals surface area (Å²) >= 11 is 0. The Balaban J connectivity index is 1.90. The Labute approximate surface area is 118 Å². The second-order valence-electron chi connectivity index (χ2n) is 4.38. The minimum Gasteiger partial charge on any atom is -0.478 e. The van der Waals surface area contributed by atoms with Gasteiger partial charge in [-0.3, -0.25) is 4.68 Å². The number of nitrogens with one attached hydrogen (secondary N) is 1. The first-order chi connectivity index (χ1) is 10.2. The first kappa shape index (κ1) is 13.0. The van der Waals surface area contributed by atoms with Crippen LogP contribution in [0.1, 0.15) is 16.2 Å². The molecule has 0 spiro atoms. The highest BCUT2D eigenvalue weighted by atomic mass is 16.5. The van der Waals surface area contributed by atoms with E-state index in [0.29, 0.717) is 35.5 Å². The van der Waals surface area contributed by atoms with E-state index in [-0.39, 0.29) is 5.56 Å². The summed E-state index contributed by atoms with van der Waals surface area (Å²) < 4.78 is 6.24. The second-order valence-corrected chi connectivity index (χ2v) is 4.38. The average molecular weight is 288 g/mol. The van der Waals surface area contributed by atoms with Gasteiger partial charge in [0.15, 0.2) is 11.5 Å². The lowest BCUT2D eigenvalue weighted by molar-refractivity contribution is 0.0697. The van der Waals surface area contributed by atoms with Crippen molar-refractivity contribution in [1.82, 2.24) is 24.9 Å². The number of anilines is 1. The number of fused-ring (bicyclic) bond motifs is 1. The topological polar surface area (TPSA) is 119 Å². The highest BCUT2D eigenvalue weighted by Crippen LogP contribution is 2.25. The number of hydrogen-bond acceptors (Lipinski definition) is 7. The van der Waals surface area contributed by atoms with E-state index < -0.39 is 5.97 Å². The van der Waals surface area contributed by atoms with Crippen molar-refractivity contribution in [1.29, 1.82) is 0 Å². The molecule has 0 aliphatic rings. The van der Waals surface area contributed by atoms with Crippen molar-refractivity contribution in [3.05, 3.63) is 30.2 Å². The van der Waals surface area contributed by atoms with Crippen LogP contribution in [0.2, 0.25) is 0 Å². The van der Waals surface area contributed by atoms with Crippen LogP contribution < -0.4 is 5.32 Å². The van der Waals surface area contributed by atoms with Crippen molar-refractivity contribution in [3.63, 3.8) is 0 Å². The Kier molecular flexibility index (Phi) is 3.22. The van der Waals surface area contributed by atoms with E-state index in [1.165, 1.54) is 12.6 Å². The molecule has 0 aromatic carbocycles. The lowest BCUT2D eigenvalue weighted by atomic mass is 10.2. The molecule has 0 saturated heterocycles. The lowest BCUT2D eigenvalue weighted by Crippen LogP contribution is -2.11. The first-order valence-corrected chi connectivity index (χ1v) is 6.20. The maximum Gasteiger partial charge on any atom is 0.339 e. The van der Waals surface area contributed by atoms with Crippen LogP contribution in [-0.4, -0.2) is 42.5 Å². The number of pyridine rings is 1. The largest absolute Gasteiger partial charge is 0.478 e. The predicted octanol–water partition coefficient (Wildman–Crippen LogP) is 0.704. The van der Waals surface area contributed by atoms with E-state index >= 15 is 0 Å². The molecule has 9 heteroatoms. The molecule has 0 fully saturated rings. The van der Waals surface area contributed by atoms with Crippen LogP contribution >= 0.6 is 0 Å². The van der Waals surface area contributed by atoms with Gasteiger partial charge in [0.05, 0.1) is 17.3 Å². The third kappa shape index (κ3) is 2.40. The molecule has 0 aliphatic carbocycles. The first-order valence-electron chi connectivity index (χ1n) is 6.20. The van der Waals surface area contributed by atoms with Crippen molar-refractivity contribution in [3.8, 4) is 0 Å². The molecular formula is C12H12N6O3. The summed E-state index contributed by atoms with van der Waals surface area (Å²) in [6.45, 7) is 0.466. The summed E-state index contributed by atoms with van der Waals surface area (Å²) in [6, 6.07) is 0. The Morgan fingerprint density at radius 3 is 3.00 bits per heavy atom. The second kappa shape index (κ2) is 5.19. The monoisotopic (exact) mass is 288 g/mol. The molecule has 0 saturated carbocycles. The van der Waals surface area contributed by atoms with Gasteiger partial charge in [-0.25, -0.2) is 9.78 Å². The summed E-state index contributed by atoms with van der Waals surface area (Å²) in [4.78, 5) is 19.3. The van der Waals surface area contributed by atoms with Gasteiger partial charge in [0.25, 0.3) is 0 Å². The van der Waals surface area contributed by atoms with Gasteiger partial charge in [0, 0.05) is 26.2 Å². The van der Waals surface area contributed by atoms with Gasteiger partial charge in [-0.05, 0) is 0 Å². The molecule has 3 aromatic heterocycles. The van der Waals surface area contributed by atoms with Crippen molar-refractivity contribution < 1.29 is 14.4 Å². The zero-order valence-corrected chi connectivity index (χ0v) is 11.1. The number of rotatable bonds is 5. The number of hydrogen-bond donors (Lipinski definition) is 2. The molecule has 0 atom stereocenters. The van der Waals surface area contributed by atoms with Crippen LogP contribution in [0.5, 0.6) is 0 Å². The molecule has 2 N–H and O–H groups in total. The zero-order chi connectivity index (χ0) is 14.8. The van der Waals surface area contributed by atoms with Crippen molar-refractivity contribution >= 4 is 22.7 Å². The molecule has 0 radical (unpaired) electrons. The highest BCUT2D eigenvalue weighted by molar-refractivity contribution is 6.03. The van der Waals surface area contributed by atoms with Gasteiger partial charge in [-0.2, -0.15) is 10.1 Å². The molecule has 3 heterocycles. The highest BCUT2D eigenvalue weighted by Gasteiger charge is 2.16. The van der Waals surface area contributed by atoms with Crippen LogP contribution in [0.25, 0.3) is 11.0 Å². The number of carboxylic acid groups (broad SMARTS) is 1. The fourth-order valence-corrected chi connectivity index (χ4v) is 2.05. The van der Waals surface area contributed by atoms with E-state index in [9.17, 15) is 9.90 Å². The quantitative estimate of drug-likeness (QED) is 0.704. The van der Waals surface area contributed by atoms with Crippen molar-refractivity contribution in [2.75, 3.05) is 11.9 Å². The summed E-state index contributed by atoms with van der Waals surface area (Å²) in [5.74, 6) is -0.494. The van der Waals surface area contributed by atoms with E-state index in [2.05, 4.69) is 30.1 Å². The summed E-state index contributed by atoms with van der Waals surface area (Å²) in [5.41, 5.74) is 1.20. The number of aromatic carboxylic acids is 1. The smallest absolute Gasteiger partial charge is 0.339 e. The fourth-order valence-electron chi connectivity index (χ4n) is 2.05. The number of aromatic nitrogens is 5. The van der Waals surface area contributed by atoms with E-state index in [1.807, 2.05) is 0 Å². The number of carbonyl (C=O) groups is 1. The molecule has 3 rings (SSSR count). The van der Waals surface area contributed by atoms with Crippen LogP contribution in [0, 0.1) is 0 Å². The average Bonchev–Trinajstić information content (AvgIpc) is 3.09. The zero-order valence-electron chi connectivity index (χ0n) is 11.1. The minimum absolute atomic E-state index is 0.101. The number of nitrogens with zero attached hydrogens (tertiary/aromatic N) is 5. The van der Waals surface area contributed by atoms with E-state index in [4.69, 9.17) is 0 Å². The minimum atomic E-state index is -1.05. The van der Waals surface area contributed by atoms with Crippen molar-refractivity contribution in [2.45, 2.75) is 6.42 Å². The molecule has 0 unspecified atom stereocenters. The van der Waals surface area contributed by atoms with Gasteiger partial charge in [-0.15, -0.1) is 0 Å². The Morgan fingerprint density at radius 1 is 1.43 bits per heavy atom. The van der Waals surface area contributed by atoms with Crippen LogP contribution in [0.4, 0.5) is 5.69 Å². The SMILES string of the molecule is Cn1ncc2c(NCCc3ncon3)c(C(=O)O)cnc21. The number of aryl methyl sites for hydroxylation is 1. The van der Waals surface area contributed by atoms with E-state index in [1.54, 1.807) is 17.9 Å². The maximum atomic E-state index is 11.3. The predicted molar refractivity (Wildman–Crippen MR) is 72.0 cm³/mol. The molecule has 108 valence electrons. The Morgan fingerprint density at radius 2 is 2.29 bits per heavy atom. The lowest BCUT2D eigenvalue weighted by Gasteiger charge is -2.09. The Bertz CT molecular complexity index is 780. The molecule has 0 bridgehead atoms. The number of carboxylic acids is 1. The van der Waals surface area contributed by atoms with Gasteiger partial charge < -0.3 is 14.9 Å². The van der Waals surface area contributed by atoms with Gasteiger partial charge >= 0.3 is 5.97 Å². The fraction of sp³-hybridized carbons (Fsp3) is 0.250. The third-order valence-electron chi connectivity index (χ3n) is 3.05. The molecule has 0 amide bonds. The van der Waals surface area contributed by atoms with Crippen LogP contribution in [0.15, 0.2) is 23.3 Å². The standard InChI is InChI=1S/C12H12N6O3/c1-18-11-7(5-16-18)10(8(4-14-11)12(19)20)13-3-2-9-15-6-21-17-9/h4-6H,2-3H2,1H3,(H,13,14)(H,19,20). The normalized spacial score (nSPS) is 10.9. The summed E-state index contributed by atoms with van der Waals surface area (Å²) in [6.07, 6.45) is 4.68. The summed E-state index contributed by atoms with van der Waals surface area (Å²) in [5, 5.41) is 20.8. The van der Waals surface area contributed by atoms with E-state index in [0.717, 1.165) is 0 Å². The van der Waals surface area contributed by atoms with Gasteiger partial charge in [0.2, 0.25) is 6.39 Å².